The summed E-state index contributed by atoms with van der Waals surface area (Å²) in [6, 6.07) is 6.00. The van der Waals surface area contributed by atoms with E-state index in [0.717, 1.165) is 21.1 Å². The highest BCUT2D eigenvalue weighted by Crippen LogP contribution is 2.25. The Morgan fingerprint density at radius 1 is 1.41 bits per heavy atom. The highest BCUT2D eigenvalue weighted by atomic mass is 79.9. The highest BCUT2D eigenvalue weighted by molar-refractivity contribution is 9.11. The SMILES string of the molecule is NCC1CC(=O)N(Cc2cc(Br)ccc2Br)C1. The Kier molecular flexibility index (Phi) is 4.22. The molecule has 2 rings (SSSR count). The van der Waals surface area contributed by atoms with Crippen LogP contribution in [0.5, 0.6) is 0 Å². The first-order chi connectivity index (χ1) is 8.10. The summed E-state index contributed by atoms with van der Waals surface area (Å²) in [5.41, 5.74) is 6.73. The molecule has 5 heteroatoms. The van der Waals surface area contributed by atoms with E-state index in [1.165, 1.54) is 0 Å². The van der Waals surface area contributed by atoms with E-state index in [0.29, 0.717) is 25.4 Å². The third-order valence-corrected chi connectivity index (χ3v) is 4.26. The molecule has 1 aromatic carbocycles. The van der Waals surface area contributed by atoms with Crippen molar-refractivity contribution in [3.8, 4) is 0 Å². The molecule has 1 aliphatic heterocycles. The van der Waals surface area contributed by atoms with Crippen LogP contribution in [-0.2, 0) is 11.3 Å². The van der Waals surface area contributed by atoms with Crippen LogP contribution in [-0.4, -0.2) is 23.9 Å². The molecule has 0 spiro atoms. The van der Waals surface area contributed by atoms with Crippen molar-refractivity contribution in [3.63, 3.8) is 0 Å². The molecule has 1 aromatic rings. The van der Waals surface area contributed by atoms with E-state index >= 15 is 0 Å². The van der Waals surface area contributed by atoms with E-state index in [1.54, 1.807) is 0 Å². The summed E-state index contributed by atoms with van der Waals surface area (Å²) in [7, 11) is 0. The van der Waals surface area contributed by atoms with Crippen LogP contribution in [0.3, 0.4) is 0 Å². The van der Waals surface area contributed by atoms with Crippen molar-refractivity contribution in [1.29, 1.82) is 0 Å². The predicted octanol–water partition coefficient (Wildman–Crippen LogP) is 2.52. The molecule has 1 saturated heterocycles. The van der Waals surface area contributed by atoms with Gasteiger partial charge in [-0.3, -0.25) is 4.79 Å². The van der Waals surface area contributed by atoms with Gasteiger partial charge in [0.1, 0.15) is 0 Å². The van der Waals surface area contributed by atoms with Crippen LogP contribution in [0.25, 0.3) is 0 Å². The number of benzene rings is 1. The van der Waals surface area contributed by atoms with Crippen molar-refractivity contribution >= 4 is 37.8 Å². The van der Waals surface area contributed by atoms with Gasteiger partial charge in [0, 0.05) is 28.5 Å². The maximum Gasteiger partial charge on any atom is 0.223 e. The average molecular weight is 362 g/mol. The number of carbonyl (C=O) groups is 1. The topological polar surface area (TPSA) is 46.3 Å². The van der Waals surface area contributed by atoms with Gasteiger partial charge >= 0.3 is 0 Å². The Balaban J connectivity index is 2.11. The molecule has 17 heavy (non-hydrogen) atoms. The number of amides is 1. The van der Waals surface area contributed by atoms with Crippen LogP contribution in [0.1, 0.15) is 12.0 Å². The highest BCUT2D eigenvalue weighted by Gasteiger charge is 2.28. The lowest BCUT2D eigenvalue weighted by Gasteiger charge is -2.17. The molecule has 1 amide bonds. The number of hydrogen-bond donors (Lipinski definition) is 1. The Labute approximate surface area is 118 Å². The van der Waals surface area contributed by atoms with Gasteiger partial charge in [0.05, 0.1) is 0 Å². The minimum atomic E-state index is 0.201. The molecule has 1 atom stereocenters. The first kappa shape index (κ1) is 13.1. The zero-order chi connectivity index (χ0) is 12.4. The van der Waals surface area contributed by atoms with E-state index < -0.39 is 0 Å². The number of halogens is 2. The van der Waals surface area contributed by atoms with Crippen molar-refractivity contribution in [2.75, 3.05) is 13.1 Å². The Morgan fingerprint density at radius 2 is 2.18 bits per heavy atom. The van der Waals surface area contributed by atoms with Gasteiger partial charge in [-0.05, 0) is 36.2 Å². The molecule has 1 unspecified atom stereocenters. The normalized spacial score (nSPS) is 20.1. The standard InChI is InChI=1S/C12H14Br2N2O/c13-10-1-2-11(14)9(4-10)7-16-6-8(5-15)3-12(16)17/h1-2,4,8H,3,5-7,15H2. The molecule has 92 valence electrons. The van der Waals surface area contributed by atoms with Crippen LogP contribution in [0.15, 0.2) is 27.1 Å². The van der Waals surface area contributed by atoms with Crippen LogP contribution >= 0.6 is 31.9 Å². The average Bonchev–Trinajstić information content (AvgIpc) is 2.65. The van der Waals surface area contributed by atoms with Crippen molar-refractivity contribution < 1.29 is 4.79 Å². The van der Waals surface area contributed by atoms with Crippen molar-refractivity contribution in [2.45, 2.75) is 13.0 Å². The summed E-state index contributed by atoms with van der Waals surface area (Å²) in [6.07, 6.45) is 0.585. The molecule has 1 fully saturated rings. The maximum atomic E-state index is 11.8. The van der Waals surface area contributed by atoms with Gasteiger partial charge in [-0.15, -0.1) is 0 Å². The molecule has 0 saturated carbocycles. The summed E-state index contributed by atoms with van der Waals surface area (Å²) in [4.78, 5) is 13.7. The first-order valence-electron chi connectivity index (χ1n) is 5.52. The van der Waals surface area contributed by atoms with Gasteiger partial charge < -0.3 is 10.6 Å². The van der Waals surface area contributed by atoms with Crippen molar-refractivity contribution in [2.24, 2.45) is 11.7 Å². The van der Waals surface area contributed by atoms with Gasteiger partial charge in [-0.25, -0.2) is 0 Å². The Hall–Kier alpha value is -0.390. The monoisotopic (exact) mass is 360 g/mol. The lowest BCUT2D eigenvalue weighted by molar-refractivity contribution is -0.128. The third kappa shape index (κ3) is 3.09. The summed E-state index contributed by atoms with van der Waals surface area (Å²) < 4.78 is 2.06. The van der Waals surface area contributed by atoms with Crippen LogP contribution in [0.4, 0.5) is 0 Å². The van der Waals surface area contributed by atoms with Crippen LogP contribution in [0.2, 0.25) is 0 Å². The molecule has 0 bridgehead atoms. The minimum Gasteiger partial charge on any atom is -0.338 e. The molecular weight excluding hydrogens is 348 g/mol. The summed E-state index contributed by atoms with van der Waals surface area (Å²) in [6.45, 7) is 2.01. The number of likely N-dealkylation sites (tertiary alicyclic amines) is 1. The second kappa shape index (κ2) is 5.50. The fraction of sp³-hybridized carbons (Fsp3) is 0.417. The summed E-state index contributed by atoms with van der Waals surface area (Å²) in [5, 5.41) is 0. The summed E-state index contributed by atoms with van der Waals surface area (Å²) in [5.74, 6) is 0.515. The molecule has 2 N–H and O–H groups in total. The van der Waals surface area contributed by atoms with Crippen molar-refractivity contribution in [3.05, 3.63) is 32.7 Å². The lowest BCUT2D eigenvalue weighted by Crippen LogP contribution is -2.25. The summed E-state index contributed by atoms with van der Waals surface area (Å²) >= 11 is 6.95. The molecule has 0 aromatic heterocycles. The molecule has 0 aliphatic carbocycles. The number of nitrogens with two attached hydrogens (primary N) is 1. The second-order valence-electron chi connectivity index (χ2n) is 4.32. The number of hydrogen-bond acceptors (Lipinski definition) is 2. The fourth-order valence-electron chi connectivity index (χ4n) is 2.03. The van der Waals surface area contributed by atoms with Crippen LogP contribution in [0, 0.1) is 5.92 Å². The van der Waals surface area contributed by atoms with E-state index in [9.17, 15) is 4.79 Å². The fourth-order valence-corrected chi connectivity index (χ4v) is 2.82. The smallest absolute Gasteiger partial charge is 0.223 e. The number of rotatable bonds is 3. The molecule has 0 radical (unpaired) electrons. The molecule has 1 heterocycles. The lowest BCUT2D eigenvalue weighted by atomic mass is 10.1. The minimum absolute atomic E-state index is 0.201. The zero-order valence-electron chi connectivity index (χ0n) is 9.33. The Bertz CT molecular complexity index is 437. The van der Waals surface area contributed by atoms with Gasteiger partial charge in [0.15, 0.2) is 0 Å². The Morgan fingerprint density at radius 3 is 2.82 bits per heavy atom. The molecule has 1 aliphatic rings. The number of carbonyl (C=O) groups excluding carboxylic acids is 1. The predicted molar refractivity (Wildman–Crippen MR) is 74.4 cm³/mol. The maximum absolute atomic E-state index is 11.8. The molecule has 3 nitrogen and oxygen atoms in total. The van der Waals surface area contributed by atoms with E-state index in [2.05, 4.69) is 31.9 Å². The van der Waals surface area contributed by atoms with E-state index in [-0.39, 0.29) is 5.91 Å². The quantitative estimate of drug-likeness (QED) is 0.899. The number of nitrogens with zero attached hydrogens (tertiary/aromatic N) is 1. The second-order valence-corrected chi connectivity index (χ2v) is 6.09. The third-order valence-electron chi connectivity index (χ3n) is 3.00. The van der Waals surface area contributed by atoms with Gasteiger partial charge in [-0.1, -0.05) is 31.9 Å². The first-order valence-corrected chi connectivity index (χ1v) is 7.10. The van der Waals surface area contributed by atoms with Crippen LogP contribution < -0.4 is 5.73 Å². The van der Waals surface area contributed by atoms with E-state index in [1.807, 2.05) is 23.1 Å². The van der Waals surface area contributed by atoms with Crippen molar-refractivity contribution in [1.82, 2.24) is 4.90 Å². The van der Waals surface area contributed by atoms with E-state index in [4.69, 9.17) is 5.73 Å². The molecular formula is C12H14Br2N2O. The largest absolute Gasteiger partial charge is 0.338 e. The van der Waals surface area contributed by atoms with Gasteiger partial charge in [0.2, 0.25) is 5.91 Å². The van der Waals surface area contributed by atoms with Gasteiger partial charge in [-0.2, -0.15) is 0 Å². The zero-order valence-corrected chi connectivity index (χ0v) is 12.5. The van der Waals surface area contributed by atoms with Gasteiger partial charge in [0.25, 0.3) is 0 Å².